The molecule has 5 heteroatoms. The van der Waals surface area contributed by atoms with Crippen LogP contribution in [0.5, 0.6) is 0 Å². The van der Waals surface area contributed by atoms with Crippen LogP contribution in [0.1, 0.15) is 49.4 Å². The van der Waals surface area contributed by atoms with E-state index in [0.29, 0.717) is 18.0 Å². The van der Waals surface area contributed by atoms with Gasteiger partial charge in [0.2, 0.25) is 5.91 Å². The maximum absolute atomic E-state index is 11.9. The molecule has 2 N–H and O–H groups in total. The van der Waals surface area contributed by atoms with E-state index < -0.39 is 0 Å². The molecular weight excluding hydrogens is 336 g/mol. The number of benzene rings is 1. The highest BCUT2D eigenvalue weighted by Crippen LogP contribution is 2.26. The van der Waals surface area contributed by atoms with Crippen molar-refractivity contribution in [2.24, 2.45) is 0 Å². The second-order valence-corrected chi connectivity index (χ2v) is 7.03. The third kappa shape index (κ3) is 4.02. The number of aromatic amines is 1. The molecule has 2 aromatic rings. The molecule has 2 heterocycles. The van der Waals surface area contributed by atoms with Crippen molar-refractivity contribution in [2.45, 2.75) is 38.6 Å². The van der Waals surface area contributed by atoms with Gasteiger partial charge >= 0.3 is 0 Å². The van der Waals surface area contributed by atoms with Gasteiger partial charge in [0.15, 0.2) is 0 Å². The van der Waals surface area contributed by atoms with E-state index in [1.165, 1.54) is 5.56 Å². The largest absolute Gasteiger partial charge is 0.350 e. The molecule has 0 bridgehead atoms. The molecule has 1 aliphatic heterocycles. The van der Waals surface area contributed by atoms with Gasteiger partial charge in [0.25, 0.3) is 5.56 Å². The SMILES string of the molecule is CC(C)c1ccc(/C(=C\[C@H]2CCC(=O)N2)c2ccc(Cl)c(=O)[nH]2)cc1. The number of hydrogen-bond acceptors (Lipinski definition) is 2. The van der Waals surface area contributed by atoms with Crippen LogP contribution in [0.25, 0.3) is 5.57 Å². The lowest BCUT2D eigenvalue weighted by Crippen LogP contribution is -2.23. The maximum Gasteiger partial charge on any atom is 0.267 e. The van der Waals surface area contributed by atoms with Crippen LogP contribution in [0.2, 0.25) is 5.02 Å². The fourth-order valence-electron chi connectivity index (χ4n) is 2.97. The van der Waals surface area contributed by atoms with Gasteiger partial charge in [0.05, 0.1) is 0 Å². The van der Waals surface area contributed by atoms with Crippen molar-refractivity contribution in [2.75, 3.05) is 0 Å². The van der Waals surface area contributed by atoms with E-state index in [1.807, 2.05) is 18.2 Å². The number of halogens is 1. The summed E-state index contributed by atoms with van der Waals surface area (Å²) in [4.78, 5) is 26.3. The van der Waals surface area contributed by atoms with E-state index in [9.17, 15) is 9.59 Å². The molecule has 3 rings (SSSR count). The second-order valence-electron chi connectivity index (χ2n) is 6.62. The zero-order valence-electron chi connectivity index (χ0n) is 14.3. The number of rotatable bonds is 4. The first-order valence-corrected chi connectivity index (χ1v) is 8.82. The molecule has 1 aromatic heterocycles. The first-order valence-electron chi connectivity index (χ1n) is 8.45. The minimum Gasteiger partial charge on any atom is -0.350 e. The molecule has 130 valence electrons. The Hall–Kier alpha value is -2.33. The molecule has 0 radical (unpaired) electrons. The van der Waals surface area contributed by atoms with Crippen molar-refractivity contribution in [1.82, 2.24) is 10.3 Å². The molecule has 1 aromatic carbocycles. The standard InChI is InChI=1S/C20H21ClN2O2/c1-12(2)13-3-5-14(6-4-13)16(11-15-7-10-19(24)22-15)18-9-8-17(21)20(25)23-18/h3-6,8-9,11-12,15H,7,10H2,1-2H3,(H,22,24)(H,23,25)/b16-11+/t15-/m1/s1. The summed E-state index contributed by atoms with van der Waals surface area (Å²) >= 11 is 5.86. The Balaban J connectivity index is 2.04. The van der Waals surface area contributed by atoms with Crippen molar-refractivity contribution in [3.63, 3.8) is 0 Å². The number of hydrogen-bond donors (Lipinski definition) is 2. The Bertz CT molecular complexity index is 866. The summed E-state index contributed by atoms with van der Waals surface area (Å²) in [6.07, 6.45) is 3.29. The summed E-state index contributed by atoms with van der Waals surface area (Å²) in [6.45, 7) is 4.30. The van der Waals surface area contributed by atoms with Crippen molar-refractivity contribution in [3.8, 4) is 0 Å². The molecule has 1 fully saturated rings. The topological polar surface area (TPSA) is 62.0 Å². The van der Waals surface area contributed by atoms with Crippen LogP contribution in [0.3, 0.4) is 0 Å². The number of H-pyrrole nitrogens is 1. The highest BCUT2D eigenvalue weighted by Gasteiger charge is 2.20. The number of pyridine rings is 1. The zero-order valence-corrected chi connectivity index (χ0v) is 15.1. The molecule has 25 heavy (non-hydrogen) atoms. The van der Waals surface area contributed by atoms with Crippen LogP contribution in [-0.2, 0) is 4.79 Å². The van der Waals surface area contributed by atoms with E-state index in [2.05, 4.69) is 36.3 Å². The quantitative estimate of drug-likeness (QED) is 0.873. The molecular formula is C20H21ClN2O2. The van der Waals surface area contributed by atoms with Gasteiger partial charge < -0.3 is 10.3 Å². The lowest BCUT2D eigenvalue weighted by Gasteiger charge is -2.13. The van der Waals surface area contributed by atoms with Crippen LogP contribution in [0.4, 0.5) is 0 Å². The van der Waals surface area contributed by atoms with Gasteiger partial charge in [0.1, 0.15) is 5.02 Å². The predicted octanol–water partition coefficient (Wildman–Crippen LogP) is 3.86. The highest BCUT2D eigenvalue weighted by molar-refractivity contribution is 6.30. The first-order chi connectivity index (χ1) is 11.9. The van der Waals surface area contributed by atoms with Crippen molar-refractivity contribution >= 4 is 23.1 Å². The minimum atomic E-state index is -0.320. The summed E-state index contributed by atoms with van der Waals surface area (Å²) in [6, 6.07) is 11.6. The number of amides is 1. The third-order valence-corrected chi connectivity index (χ3v) is 4.73. The smallest absolute Gasteiger partial charge is 0.267 e. The summed E-state index contributed by atoms with van der Waals surface area (Å²) in [5.41, 5.74) is 3.49. The van der Waals surface area contributed by atoms with Gasteiger partial charge in [-0.1, -0.05) is 55.8 Å². The Labute approximate surface area is 151 Å². The first kappa shape index (κ1) is 17.5. The summed E-state index contributed by atoms with van der Waals surface area (Å²) in [5.74, 6) is 0.506. The molecule has 0 aliphatic carbocycles. The Morgan fingerprint density at radius 3 is 2.44 bits per heavy atom. The van der Waals surface area contributed by atoms with Gasteiger partial charge in [0, 0.05) is 23.7 Å². The number of carbonyl (C=O) groups is 1. The van der Waals surface area contributed by atoms with E-state index >= 15 is 0 Å². The number of nitrogens with one attached hydrogen (secondary N) is 2. The van der Waals surface area contributed by atoms with E-state index in [1.54, 1.807) is 12.1 Å². The van der Waals surface area contributed by atoms with Gasteiger partial charge in [-0.05, 0) is 35.6 Å². The lowest BCUT2D eigenvalue weighted by atomic mass is 9.95. The van der Waals surface area contributed by atoms with E-state index in [4.69, 9.17) is 11.6 Å². The maximum atomic E-state index is 11.9. The van der Waals surface area contributed by atoms with Crippen LogP contribution in [0, 0.1) is 0 Å². The molecule has 1 atom stereocenters. The normalized spacial score (nSPS) is 17.8. The summed E-state index contributed by atoms with van der Waals surface area (Å²) in [7, 11) is 0. The second kappa shape index (κ2) is 7.28. The van der Waals surface area contributed by atoms with Crippen molar-refractivity contribution in [3.05, 3.63) is 74.7 Å². The summed E-state index contributed by atoms with van der Waals surface area (Å²) in [5, 5.41) is 3.11. The summed E-state index contributed by atoms with van der Waals surface area (Å²) < 4.78 is 0. The fraction of sp³-hybridized carbons (Fsp3) is 0.300. The van der Waals surface area contributed by atoms with Gasteiger partial charge in [-0.15, -0.1) is 0 Å². The minimum absolute atomic E-state index is 0.0357. The zero-order chi connectivity index (χ0) is 18.0. The predicted molar refractivity (Wildman–Crippen MR) is 101 cm³/mol. The third-order valence-electron chi connectivity index (χ3n) is 4.44. The Kier molecular flexibility index (Phi) is 5.09. The van der Waals surface area contributed by atoms with Gasteiger partial charge in [-0.3, -0.25) is 9.59 Å². The van der Waals surface area contributed by atoms with Crippen LogP contribution in [0.15, 0.2) is 47.3 Å². The number of aromatic nitrogens is 1. The average molecular weight is 357 g/mol. The lowest BCUT2D eigenvalue weighted by molar-refractivity contribution is -0.119. The van der Waals surface area contributed by atoms with Gasteiger partial charge in [-0.25, -0.2) is 0 Å². The molecule has 1 aliphatic rings. The highest BCUT2D eigenvalue weighted by atomic mass is 35.5. The Morgan fingerprint density at radius 2 is 1.88 bits per heavy atom. The monoisotopic (exact) mass is 356 g/mol. The van der Waals surface area contributed by atoms with E-state index in [0.717, 1.165) is 17.6 Å². The van der Waals surface area contributed by atoms with Gasteiger partial charge in [-0.2, -0.15) is 0 Å². The van der Waals surface area contributed by atoms with Crippen LogP contribution >= 0.6 is 11.6 Å². The van der Waals surface area contributed by atoms with Crippen LogP contribution in [-0.4, -0.2) is 16.9 Å². The Morgan fingerprint density at radius 1 is 1.16 bits per heavy atom. The fourth-order valence-corrected chi connectivity index (χ4v) is 3.08. The molecule has 4 nitrogen and oxygen atoms in total. The molecule has 0 unspecified atom stereocenters. The number of carbonyl (C=O) groups excluding carboxylic acids is 1. The molecule has 1 saturated heterocycles. The molecule has 0 spiro atoms. The molecule has 0 saturated carbocycles. The van der Waals surface area contributed by atoms with E-state index in [-0.39, 0.29) is 22.5 Å². The molecule has 1 amide bonds. The van der Waals surface area contributed by atoms with Crippen LogP contribution < -0.4 is 10.9 Å². The van der Waals surface area contributed by atoms with Crippen molar-refractivity contribution in [1.29, 1.82) is 0 Å². The van der Waals surface area contributed by atoms with Crippen molar-refractivity contribution < 1.29 is 4.79 Å². The average Bonchev–Trinajstić information content (AvgIpc) is 3.00.